The molecule has 1 N–H and O–H groups in total. The van der Waals surface area contributed by atoms with Crippen molar-refractivity contribution < 1.29 is 23.5 Å². The highest BCUT2D eigenvalue weighted by Gasteiger charge is 2.23. The topological polar surface area (TPSA) is 64.6 Å². The minimum absolute atomic E-state index is 0.0886. The van der Waals surface area contributed by atoms with Gasteiger partial charge in [0.15, 0.2) is 0 Å². The third-order valence-electron chi connectivity index (χ3n) is 4.80. The molecule has 0 radical (unpaired) electrons. The van der Waals surface area contributed by atoms with E-state index >= 15 is 0 Å². The highest BCUT2D eigenvalue weighted by atomic mass is 32.1. The number of carbonyl (C=O) groups is 2. The lowest BCUT2D eigenvalue weighted by Crippen LogP contribution is -2.16. The summed E-state index contributed by atoms with van der Waals surface area (Å²) in [6.45, 7) is 0.0886. The maximum absolute atomic E-state index is 14.4. The Morgan fingerprint density at radius 2 is 1.77 bits per heavy atom. The first kappa shape index (κ1) is 20.0. The minimum atomic E-state index is -0.560. The lowest BCUT2D eigenvalue weighted by Gasteiger charge is -2.12. The SMILES string of the molecule is COCc1c(C(=O)Nc2cc3ccccc3cc2C(=O)OC)sc2cccc(F)c12. The molecular formula is C23H18FNO4S. The predicted octanol–water partition coefficient (Wildman–Crippen LogP) is 5.38. The second-order valence-corrected chi connectivity index (χ2v) is 7.70. The molecule has 0 saturated carbocycles. The van der Waals surface area contributed by atoms with Crippen LogP contribution in [0.25, 0.3) is 20.9 Å². The number of halogens is 1. The van der Waals surface area contributed by atoms with Crippen molar-refractivity contribution in [3.8, 4) is 0 Å². The first-order valence-electron chi connectivity index (χ1n) is 9.14. The molecule has 0 aliphatic carbocycles. The maximum atomic E-state index is 14.4. The van der Waals surface area contributed by atoms with Crippen LogP contribution in [0.3, 0.4) is 0 Å². The molecule has 0 atom stereocenters. The molecule has 1 amide bonds. The third-order valence-corrected chi connectivity index (χ3v) is 5.99. The van der Waals surface area contributed by atoms with Gasteiger partial charge in [-0.25, -0.2) is 9.18 Å². The van der Waals surface area contributed by atoms with E-state index in [0.29, 0.717) is 26.2 Å². The van der Waals surface area contributed by atoms with Crippen LogP contribution >= 0.6 is 11.3 Å². The van der Waals surface area contributed by atoms with Gasteiger partial charge in [0.25, 0.3) is 5.91 Å². The summed E-state index contributed by atoms with van der Waals surface area (Å²) in [4.78, 5) is 25.8. The number of benzene rings is 3. The van der Waals surface area contributed by atoms with Crippen LogP contribution in [0.5, 0.6) is 0 Å². The van der Waals surface area contributed by atoms with Gasteiger partial charge in [-0.1, -0.05) is 30.3 Å². The van der Waals surface area contributed by atoms with Crippen molar-refractivity contribution in [2.45, 2.75) is 6.61 Å². The molecule has 0 saturated heterocycles. The van der Waals surface area contributed by atoms with Gasteiger partial charge < -0.3 is 14.8 Å². The summed E-state index contributed by atoms with van der Waals surface area (Å²) in [6, 6.07) is 15.6. The largest absolute Gasteiger partial charge is 0.465 e. The van der Waals surface area contributed by atoms with E-state index in [4.69, 9.17) is 9.47 Å². The normalized spacial score (nSPS) is 11.0. The minimum Gasteiger partial charge on any atom is -0.465 e. The number of thiophene rings is 1. The molecule has 4 rings (SSSR count). The molecule has 30 heavy (non-hydrogen) atoms. The summed E-state index contributed by atoms with van der Waals surface area (Å²) in [7, 11) is 2.78. The number of methoxy groups -OCH3 is 2. The monoisotopic (exact) mass is 423 g/mol. The van der Waals surface area contributed by atoms with Gasteiger partial charge in [-0.2, -0.15) is 0 Å². The Hall–Kier alpha value is -3.29. The lowest BCUT2D eigenvalue weighted by molar-refractivity contribution is 0.0602. The Balaban J connectivity index is 1.81. The molecule has 1 heterocycles. The van der Waals surface area contributed by atoms with Gasteiger partial charge in [0, 0.05) is 22.8 Å². The number of amides is 1. The van der Waals surface area contributed by atoms with Crippen LogP contribution in [0.4, 0.5) is 10.1 Å². The van der Waals surface area contributed by atoms with Crippen molar-refractivity contribution in [3.63, 3.8) is 0 Å². The van der Waals surface area contributed by atoms with Crippen molar-refractivity contribution in [2.75, 3.05) is 19.5 Å². The van der Waals surface area contributed by atoms with E-state index < -0.39 is 17.7 Å². The number of carbonyl (C=O) groups excluding carboxylic acids is 2. The van der Waals surface area contributed by atoms with Crippen molar-refractivity contribution >= 4 is 49.8 Å². The van der Waals surface area contributed by atoms with E-state index in [2.05, 4.69) is 5.32 Å². The van der Waals surface area contributed by atoms with Crippen molar-refractivity contribution in [2.24, 2.45) is 0 Å². The van der Waals surface area contributed by atoms with Crippen LogP contribution in [-0.2, 0) is 16.1 Å². The van der Waals surface area contributed by atoms with Crippen LogP contribution in [-0.4, -0.2) is 26.1 Å². The molecule has 0 spiro atoms. The molecule has 4 aromatic rings. The number of hydrogen-bond acceptors (Lipinski definition) is 5. The van der Waals surface area contributed by atoms with Gasteiger partial charge in [-0.15, -0.1) is 11.3 Å². The highest BCUT2D eigenvalue weighted by molar-refractivity contribution is 7.21. The van der Waals surface area contributed by atoms with Gasteiger partial charge in [0.1, 0.15) is 5.82 Å². The fraction of sp³-hybridized carbons (Fsp3) is 0.130. The number of esters is 1. The quantitative estimate of drug-likeness (QED) is 0.438. The van der Waals surface area contributed by atoms with Crippen molar-refractivity contribution in [3.05, 3.63) is 76.4 Å². The summed E-state index contributed by atoms with van der Waals surface area (Å²) in [5.74, 6) is -1.41. The molecule has 3 aromatic carbocycles. The first-order valence-corrected chi connectivity index (χ1v) is 9.96. The number of ether oxygens (including phenoxy) is 2. The standard InChI is InChI=1S/C23H18FNO4S/c1-28-12-16-20-17(24)8-5-9-19(20)30-21(16)22(26)25-18-11-14-7-4-3-6-13(14)10-15(18)23(27)29-2/h3-11H,12H2,1-2H3,(H,25,26). The van der Waals surface area contributed by atoms with Crippen LogP contribution in [0, 0.1) is 5.82 Å². The molecule has 7 heteroatoms. The van der Waals surface area contributed by atoms with Crippen LogP contribution in [0.15, 0.2) is 54.6 Å². The van der Waals surface area contributed by atoms with E-state index in [0.717, 1.165) is 10.8 Å². The number of rotatable bonds is 5. The second kappa shape index (κ2) is 8.22. The molecule has 0 aliphatic heterocycles. The van der Waals surface area contributed by atoms with Crippen LogP contribution < -0.4 is 5.32 Å². The fourth-order valence-electron chi connectivity index (χ4n) is 3.43. The Morgan fingerprint density at radius 1 is 1.03 bits per heavy atom. The summed E-state index contributed by atoms with van der Waals surface area (Å²) in [5, 5.41) is 4.89. The zero-order valence-corrected chi connectivity index (χ0v) is 17.1. The number of nitrogens with one attached hydrogen (secondary N) is 1. The molecule has 0 unspecified atom stereocenters. The van der Waals surface area contributed by atoms with E-state index in [-0.39, 0.29) is 12.2 Å². The summed E-state index contributed by atoms with van der Waals surface area (Å²) in [6.07, 6.45) is 0. The summed E-state index contributed by atoms with van der Waals surface area (Å²) < 4.78 is 25.2. The Labute approximate surface area is 176 Å². The zero-order valence-electron chi connectivity index (χ0n) is 16.3. The molecule has 1 aromatic heterocycles. The Kier molecular flexibility index (Phi) is 5.48. The van der Waals surface area contributed by atoms with E-state index in [1.54, 1.807) is 24.3 Å². The fourth-order valence-corrected chi connectivity index (χ4v) is 4.55. The molecule has 0 fully saturated rings. The van der Waals surface area contributed by atoms with Gasteiger partial charge in [-0.05, 0) is 35.0 Å². The van der Waals surface area contributed by atoms with Crippen LogP contribution in [0.1, 0.15) is 25.6 Å². The Bertz CT molecular complexity index is 1280. The van der Waals surface area contributed by atoms with Crippen molar-refractivity contribution in [1.29, 1.82) is 0 Å². The smallest absolute Gasteiger partial charge is 0.339 e. The average Bonchev–Trinajstić information content (AvgIpc) is 3.13. The lowest BCUT2D eigenvalue weighted by atomic mass is 10.0. The van der Waals surface area contributed by atoms with E-state index in [9.17, 15) is 14.0 Å². The van der Waals surface area contributed by atoms with Gasteiger partial charge in [-0.3, -0.25) is 4.79 Å². The van der Waals surface area contributed by atoms with Crippen molar-refractivity contribution in [1.82, 2.24) is 0 Å². The maximum Gasteiger partial charge on any atom is 0.339 e. The summed E-state index contributed by atoms with van der Waals surface area (Å²) >= 11 is 1.18. The molecule has 0 bridgehead atoms. The number of anilines is 1. The number of hydrogen-bond donors (Lipinski definition) is 1. The van der Waals surface area contributed by atoms with E-state index in [1.165, 1.54) is 31.6 Å². The summed E-state index contributed by atoms with van der Waals surface area (Å²) in [5.41, 5.74) is 1.05. The molecular weight excluding hydrogens is 405 g/mol. The second-order valence-electron chi connectivity index (χ2n) is 6.65. The number of fused-ring (bicyclic) bond motifs is 2. The van der Waals surface area contributed by atoms with Gasteiger partial charge in [0.05, 0.1) is 29.8 Å². The van der Waals surface area contributed by atoms with Gasteiger partial charge >= 0.3 is 5.97 Å². The molecule has 5 nitrogen and oxygen atoms in total. The molecule has 0 aliphatic rings. The average molecular weight is 423 g/mol. The predicted molar refractivity (Wildman–Crippen MR) is 116 cm³/mol. The van der Waals surface area contributed by atoms with E-state index in [1.807, 2.05) is 24.3 Å². The van der Waals surface area contributed by atoms with Gasteiger partial charge in [0.2, 0.25) is 0 Å². The Morgan fingerprint density at radius 3 is 2.47 bits per heavy atom. The zero-order chi connectivity index (χ0) is 21.3. The van der Waals surface area contributed by atoms with Crippen LogP contribution in [0.2, 0.25) is 0 Å². The molecule has 152 valence electrons. The third kappa shape index (κ3) is 3.53. The first-order chi connectivity index (χ1) is 14.5. The highest BCUT2D eigenvalue weighted by Crippen LogP contribution is 2.35.